The maximum absolute atomic E-state index is 12.8. The Balaban J connectivity index is 1.74. The third kappa shape index (κ3) is 4.65. The average molecular weight is 381 g/mol. The fourth-order valence-electron chi connectivity index (χ4n) is 3.11. The number of amides is 2. The van der Waals surface area contributed by atoms with Gasteiger partial charge in [0.25, 0.3) is 5.91 Å². The molecule has 1 aromatic carbocycles. The van der Waals surface area contributed by atoms with Crippen LogP contribution in [-0.2, 0) is 10.2 Å². The van der Waals surface area contributed by atoms with Gasteiger partial charge in [-0.15, -0.1) is 0 Å². The molecule has 28 heavy (non-hydrogen) atoms. The lowest BCUT2D eigenvalue weighted by Crippen LogP contribution is -2.48. The van der Waals surface area contributed by atoms with Gasteiger partial charge in [-0.2, -0.15) is 0 Å². The minimum atomic E-state index is -0.137. The molecule has 1 N–H and O–H groups in total. The summed E-state index contributed by atoms with van der Waals surface area (Å²) in [5.41, 5.74) is 3.29. The Morgan fingerprint density at radius 3 is 2.29 bits per heavy atom. The number of hydrogen-bond donors (Lipinski definition) is 1. The predicted molar refractivity (Wildman–Crippen MR) is 109 cm³/mol. The summed E-state index contributed by atoms with van der Waals surface area (Å²) in [5.74, 6) is 0.264. The molecule has 0 atom stereocenters. The van der Waals surface area contributed by atoms with Gasteiger partial charge >= 0.3 is 0 Å². The number of carbonyl (C=O) groups excluding carboxylic acids is 2. The molecule has 1 aromatic heterocycles. The standard InChI is InChI=1S/C21H27N5O2/c1-15-13-18(19(28)26-11-9-25(14-27)10-12-26)24-20(22-15)23-17-7-5-16(6-8-17)21(2,3)4/h5-8,13-14H,9-12H2,1-4H3,(H,22,23,24). The Hall–Kier alpha value is -2.96. The number of aromatic nitrogens is 2. The molecule has 3 rings (SSSR count). The van der Waals surface area contributed by atoms with Crippen molar-refractivity contribution in [2.75, 3.05) is 31.5 Å². The second kappa shape index (κ2) is 7.96. The van der Waals surface area contributed by atoms with Crippen molar-refractivity contribution < 1.29 is 9.59 Å². The highest BCUT2D eigenvalue weighted by Gasteiger charge is 2.23. The van der Waals surface area contributed by atoms with E-state index in [-0.39, 0.29) is 11.3 Å². The number of carbonyl (C=O) groups is 2. The summed E-state index contributed by atoms with van der Waals surface area (Å²) >= 11 is 0. The molecule has 2 aromatic rings. The lowest BCUT2D eigenvalue weighted by atomic mass is 9.87. The summed E-state index contributed by atoms with van der Waals surface area (Å²) in [6.07, 6.45) is 0.823. The Morgan fingerprint density at radius 1 is 1.07 bits per heavy atom. The van der Waals surface area contributed by atoms with Crippen LogP contribution < -0.4 is 5.32 Å². The third-order valence-corrected chi connectivity index (χ3v) is 4.83. The lowest BCUT2D eigenvalue weighted by Gasteiger charge is -2.32. The first-order chi connectivity index (χ1) is 13.3. The molecule has 0 radical (unpaired) electrons. The van der Waals surface area contributed by atoms with Crippen LogP contribution in [0.25, 0.3) is 0 Å². The van der Waals surface area contributed by atoms with Gasteiger partial charge in [0.05, 0.1) is 0 Å². The summed E-state index contributed by atoms with van der Waals surface area (Å²) in [4.78, 5) is 35.9. The summed E-state index contributed by atoms with van der Waals surface area (Å²) in [6, 6.07) is 9.84. The van der Waals surface area contributed by atoms with E-state index in [1.54, 1.807) is 15.9 Å². The normalized spacial score (nSPS) is 14.7. The van der Waals surface area contributed by atoms with Gasteiger partial charge < -0.3 is 15.1 Å². The molecule has 1 aliphatic rings. The number of aryl methyl sites for hydroxylation is 1. The number of hydrogen-bond acceptors (Lipinski definition) is 5. The maximum atomic E-state index is 12.8. The van der Waals surface area contributed by atoms with Gasteiger partial charge in [-0.05, 0) is 36.1 Å². The second-order valence-electron chi connectivity index (χ2n) is 8.10. The molecule has 2 amide bonds. The Labute approximate surface area is 165 Å². The molecule has 7 heteroatoms. The number of benzene rings is 1. The Bertz CT molecular complexity index is 850. The highest BCUT2D eigenvalue weighted by atomic mass is 16.2. The van der Waals surface area contributed by atoms with E-state index in [1.807, 2.05) is 19.1 Å². The third-order valence-electron chi connectivity index (χ3n) is 4.83. The van der Waals surface area contributed by atoms with Crippen molar-refractivity contribution in [2.24, 2.45) is 0 Å². The van der Waals surface area contributed by atoms with Crippen LogP contribution in [0, 0.1) is 6.92 Å². The number of piperazine rings is 1. The van der Waals surface area contributed by atoms with Crippen molar-refractivity contribution in [2.45, 2.75) is 33.1 Å². The highest BCUT2D eigenvalue weighted by molar-refractivity contribution is 5.93. The fourth-order valence-corrected chi connectivity index (χ4v) is 3.11. The Kier molecular flexibility index (Phi) is 5.63. The van der Waals surface area contributed by atoms with Crippen LogP contribution >= 0.6 is 0 Å². The predicted octanol–water partition coefficient (Wildman–Crippen LogP) is 2.74. The van der Waals surface area contributed by atoms with Crippen LogP contribution in [0.15, 0.2) is 30.3 Å². The van der Waals surface area contributed by atoms with E-state index in [0.717, 1.165) is 17.8 Å². The molecule has 0 unspecified atom stereocenters. The molecule has 1 aliphatic heterocycles. The summed E-state index contributed by atoms with van der Waals surface area (Å²) in [5, 5.41) is 3.19. The lowest BCUT2D eigenvalue weighted by molar-refractivity contribution is -0.119. The second-order valence-corrected chi connectivity index (χ2v) is 8.10. The van der Waals surface area contributed by atoms with Gasteiger partial charge in [0.15, 0.2) is 0 Å². The quantitative estimate of drug-likeness (QED) is 0.824. The smallest absolute Gasteiger partial charge is 0.272 e. The van der Waals surface area contributed by atoms with Crippen molar-refractivity contribution in [1.29, 1.82) is 0 Å². The van der Waals surface area contributed by atoms with E-state index in [9.17, 15) is 9.59 Å². The van der Waals surface area contributed by atoms with Gasteiger partial charge in [0.1, 0.15) is 5.69 Å². The van der Waals surface area contributed by atoms with E-state index < -0.39 is 0 Å². The average Bonchev–Trinajstić information content (AvgIpc) is 2.67. The van der Waals surface area contributed by atoms with Gasteiger partial charge in [0, 0.05) is 37.6 Å². The zero-order valence-electron chi connectivity index (χ0n) is 16.9. The summed E-state index contributed by atoms with van der Waals surface area (Å²) < 4.78 is 0. The summed E-state index contributed by atoms with van der Waals surface area (Å²) in [6.45, 7) is 10.5. The van der Waals surface area contributed by atoms with Crippen molar-refractivity contribution >= 4 is 24.0 Å². The molecule has 1 fully saturated rings. The topological polar surface area (TPSA) is 78.4 Å². The van der Waals surface area contributed by atoms with Crippen molar-refractivity contribution in [1.82, 2.24) is 19.8 Å². The van der Waals surface area contributed by atoms with E-state index in [0.29, 0.717) is 37.8 Å². The molecule has 0 bridgehead atoms. The number of nitrogens with one attached hydrogen (secondary N) is 1. The first kappa shape index (κ1) is 19.8. The first-order valence-electron chi connectivity index (χ1n) is 9.48. The van der Waals surface area contributed by atoms with Crippen LogP contribution in [-0.4, -0.2) is 58.3 Å². The van der Waals surface area contributed by atoms with Crippen LogP contribution in [0.4, 0.5) is 11.6 Å². The van der Waals surface area contributed by atoms with Crippen LogP contribution in [0.3, 0.4) is 0 Å². The maximum Gasteiger partial charge on any atom is 0.272 e. The molecular weight excluding hydrogens is 354 g/mol. The molecule has 7 nitrogen and oxygen atoms in total. The fraction of sp³-hybridized carbons (Fsp3) is 0.429. The van der Waals surface area contributed by atoms with Crippen molar-refractivity contribution in [3.63, 3.8) is 0 Å². The molecule has 1 saturated heterocycles. The molecule has 0 aliphatic carbocycles. The molecule has 2 heterocycles. The Morgan fingerprint density at radius 2 is 1.71 bits per heavy atom. The first-order valence-corrected chi connectivity index (χ1v) is 9.48. The zero-order valence-corrected chi connectivity index (χ0v) is 16.9. The minimum Gasteiger partial charge on any atom is -0.342 e. The van der Waals surface area contributed by atoms with Crippen molar-refractivity contribution in [3.8, 4) is 0 Å². The minimum absolute atomic E-state index is 0.0891. The molecule has 148 valence electrons. The number of anilines is 2. The zero-order chi connectivity index (χ0) is 20.3. The van der Waals surface area contributed by atoms with E-state index in [4.69, 9.17) is 0 Å². The highest BCUT2D eigenvalue weighted by Crippen LogP contribution is 2.24. The van der Waals surface area contributed by atoms with Crippen LogP contribution in [0.5, 0.6) is 0 Å². The van der Waals surface area contributed by atoms with Crippen LogP contribution in [0.2, 0.25) is 0 Å². The summed E-state index contributed by atoms with van der Waals surface area (Å²) in [7, 11) is 0. The van der Waals surface area contributed by atoms with Gasteiger partial charge in [-0.25, -0.2) is 9.97 Å². The van der Waals surface area contributed by atoms with Gasteiger partial charge in [0.2, 0.25) is 12.4 Å². The number of rotatable bonds is 4. The number of nitrogens with zero attached hydrogens (tertiary/aromatic N) is 4. The van der Waals surface area contributed by atoms with Crippen molar-refractivity contribution in [3.05, 3.63) is 47.3 Å². The van der Waals surface area contributed by atoms with Gasteiger partial charge in [-0.3, -0.25) is 9.59 Å². The van der Waals surface area contributed by atoms with E-state index in [2.05, 4.69) is 48.2 Å². The van der Waals surface area contributed by atoms with Crippen LogP contribution in [0.1, 0.15) is 42.5 Å². The molecule has 0 spiro atoms. The largest absolute Gasteiger partial charge is 0.342 e. The molecular formula is C21H27N5O2. The van der Waals surface area contributed by atoms with Gasteiger partial charge in [-0.1, -0.05) is 32.9 Å². The molecule has 0 saturated carbocycles. The monoisotopic (exact) mass is 381 g/mol. The van der Waals surface area contributed by atoms with E-state index in [1.165, 1.54) is 5.56 Å². The SMILES string of the molecule is Cc1cc(C(=O)N2CCN(C=O)CC2)nc(Nc2ccc(C(C)(C)C)cc2)n1. The van der Waals surface area contributed by atoms with E-state index >= 15 is 0 Å².